The number of hydrogen-bond acceptors (Lipinski definition) is 4. The average Bonchev–Trinajstić information content (AvgIpc) is 3.13. The van der Waals surface area contributed by atoms with E-state index >= 15 is 0 Å². The number of carbonyl (C=O) groups excluding carboxylic acids is 1. The summed E-state index contributed by atoms with van der Waals surface area (Å²) in [6.45, 7) is 3.31. The highest BCUT2D eigenvalue weighted by molar-refractivity contribution is 5.78. The zero-order valence-electron chi connectivity index (χ0n) is 12.5. The van der Waals surface area contributed by atoms with Crippen molar-refractivity contribution in [1.29, 1.82) is 0 Å². The van der Waals surface area contributed by atoms with E-state index in [1.807, 2.05) is 26.5 Å². The Bertz CT molecular complexity index is 631. The number of nitrogens with zero attached hydrogens (tertiary/aromatic N) is 4. The fourth-order valence-corrected chi connectivity index (χ4v) is 2.92. The summed E-state index contributed by atoms with van der Waals surface area (Å²) >= 11 is 0. The Morgan fingerprint density at radius 3 is 3.24 bits per heavy atom. The van der Waals surface area contributed by atoms with Gasteiger partial charge in [0.25, 0.3) is 0 Å². The number of aromatic nitrogens is 3. The second-order valence-corrected chi connectivity index (χ2v) is 5.61. The quantitative estimate of drug-likeness (QED) is 0.858. The van der Waals surface area contributed by atoms with Gasteiger partial charge in [-0.05, 0) is 19.3 Å². The summed E-state index contributed by atoms with van der Waals surface area (Å²) < 4.78 is 7.08. The van der Waals surface area contributed by atoms with Crippen LogP contribution in [0.5, 0.6) is 0 Å². The Morgan fingerprint density at radius 2 is 2.43 bits per heavy atom. The molecular weight excluding hydrogens is 268 g/mol. The summed E-state index contributed by atoms with van der Waals surface area (Å²) in [6.07, 6.45) is 7.95. The highest BCUT2D eigenvalue weighted by Gasteiger charge is 2.27. The van der Waals surface area contributed by atoms with Gasteiger partial charge in [0, 0.05) is 31.0 Å². The fraction of sp³-hybridized carbons (Fsp3) is 0.533. The van der Waals surface area contributed by atoms with Crippen LogP contribution in [0.15, 0.2) is 23.3 Å². The lowest BCUT2D eigenvalue weighted by atomic mass is 9.96. The molecule has 0 bridgehead atoms. The molecule has 1 aliphatic rings. The molecule has 0 spiro atoms. The maximum atomic E-state index is 12.6. The van der Waals surface area contributed by atoms with Crippen LogP contribution in [0.3, 0.4) is 0 Å². The van der Waals surface area contributed by atoms with Crippen molar-refractivity contribution in [3.8, 4) is 0 Å². The maximum Gasteiger partial charge on any atom is 0.227 e. The van der Waals surface area contributed by atoms with Gasteiger partial charge in [0.15, 0.2) is 0 Å². The summed E-state index contributed by atoms with van der Waals surface area (Å²) in [5.74, 6) is 0.208. The minimum absolute atomic E-state index is 0.0293. The van der Waals surface area contributed by atoms with E-state index in [1.165, 1.54) is 5.69 Å². The average molecular weight is 288 g/mol. The first-order chi connectivity index (χ1) is 10.2. The first-order valence-corrected chi connectivity index (χ1v) is 7.35. The van der Waals surface area contributed by atoms with Gasteiger partial charge >= 0.3 is 0 Å². The highest BCUT2D eigenvalue weighted by atomic mass is 16.5. The van der Waals surface area contributed by atoms with Gasteiger partial charge in [-0.25, -0.2) is 4.98 Å². The lowest BCUT2D eigenvalue weighted by Crippen LogP contribution is -2.37. The molecule has 2 aromatic rings. The van der Waals surface area contributed by atoms with Crippen LogP contribution in [0.4, 0.5) is 0 Å². The van der Waals surface area contributed by atoms with E-state index in [2.05, 4.69) is 14.7 Å². The van der Waals surface area contributed by atoms with Gasteiger partial charge in [-0.3, -0.25) is 4.79 Å². The van der Waals surface area contributed by atoms with Crippen molar-refractivity contribution >= 4 is 5.91 Å². The summed E-state index contributed by atoms with van der Waals surface area (Å²) in [5.41, 5.74) is 3.14. The SMILES string of the molecule is CCc1nocc1CN(C)C(=O)[C@H]1CCc2cncn2C1. The lowest BCUT2D eigenvalue weighted by Gasteiger charge is -2.27. The summed E-state index contributed by atoms with van der Waals surface area (Å²) in [6, 6.07) is 0. The van der Waals surface area contributed by atoms with Crippen LogP contribution in [0, 0.1) is 5.92 Å². The molecule has 1 amide bonds. The zero-order chi connectivity index (χ0) is 14.8. The third-order valence-corrected chi connectivity index (χ3v) is 4.16. The summed E-state index contributed by atoms with van der Waals surface area (Å²) in [4.78, 5) is 18.5. The van der Waals surface area contributed by atoms with Crippen molar-refractivity contribution in [2.24, 2.45) is 5.92 Å². The van der Waals surface area contributed by atoms with Crippen LogP contribution in [0.2, 0.25) is 0 Å². The number of rotatable bonds is 4. The molecule has 0 saturated carbocycles. The van der Waals surface area contributed by atoms with Gasteiger partial charge in [0.2, 0.25) is 5.91 Å². The minimum Gasteiger partial charge on any atom is -0.364 e. The molecule has 0 unspecified atom stereocenters. The Kier molecular flexibility index (Phi) is 3.77. The Labute approximate surface area is 123 Å². The first kappa shape index (κ1) is 13.9. The van der Waals surface area contributed by atoms with Crippen LogP contribution in [-0.2, 0) is 30.7 Å². The van der Waals surface area contributed by atoms with E-state index in [4.69, 9.17) is 4.52 Å². The smallest absolute Gasteiger partial charge is 0.227 e. The first-order valence-electron chi connectivity index (χ1n) is 7.35. The maximum absolute atomic E-state index is 12.6. The summed E-state index contributed by atoms with van der Waals surface area (Å²) in [7, 11) is 1.85. The molecule has 6 heteroatoms. The van der Waals surface area contributed by atoms with Crippen molar-refractivity contribution < 1.29 is 9.32 Å². The Balaban J connectivity index is 1.65. The van der Waals surface area contributed by atoms with E-state index in [1.54, 1.807) is 11.2 Å². The Morgan fingerprint density at radius 1 is 1.57 bits per heavy atom. The lowest BCUT2D eigenvalue weighted by molar-refractivity contribution is -0.135. The van der Waals surface area contributed by atoms with Crippen LogP contribution in [0.25, 0.3) is 0 Å². The van der Waals surface area contributed by atoms with Crippen molar-refractivity contribution in [2.45, 2.75) is 39.3 Å². The van der Waals surface area contributed by atoms with E-state index in [9.17, 15) is 4.79 Å². The molecule has 0 aromatic carbocycles. The molecule has 1 atom stereocenters. The monoisotopic (exact) mass is 288 g/mol. The number of carbonyl (C=O) groups is 1. The van der Waals surface area contributed by atoms with Crippen LogP contribution >= 0.6 is 0 Å². The minimum atomic E-state index is 0.0293. The van der Waals surface area contributed by atoms with Gasteiger partial charge in [0.1, 0.15) is 6.26 Å². The van der Waals surface area contributed by atoms with Gasteiger partial charge in [-0.1, -0.05) is 12.1 Å². The van der Waals surface area contributed by atoms with Crippen molar-refractivity contribution in [2.75, 3.05) is 7.05 Å². The second-order valence-electron chi connectivity index (χ2n) is 5.61. The fourth-order valence-electron chi connectivity index (χ4n) is 2.92. The number of fused-ring (bicyclic) bond motifs is 1. The molecule has 2 aromatic heterocycles. The van der Waals surface area contributed by atoms with E-state index < -0.39 is 0 Å². The van der Waals surface area contributed by atoms with Crippen molar-refractivity contribution in [1.82, 2.24) is 19.6 Å². The van der Waals surface area contributed by atoms with Gasteiger partial charge < -0.3 is 14.0 Å². The normalized spacial score (nSPS) is 17.5. The van der Waals surface area contributed by atoms with E-state index in [-0.39, 0.29) is 11.8 Å². The molecule has 0 aliphatic carbocycles. The van der Waals surface area contributed by atoms with E-state index in [0.717, 1.165) is 37.1 Å². The number of aryl methyl sites for hydroxylation is 2. The predicted octanol–water partition coefficient (Wildman–Crippen LogP) is 1.65. The molecule has 0 radical (unpaired) electrons. The zero-order valence-corrected chi connectivity index (χ0v) is 12.5. The third kappa shape index (κ3) is 2.70. The topological polar surface area (TPSA) is 64.2 Å². The number of hydrogen-bond donors (Lipinski definition) is 0. The largest absolute Gasteiger partial charge is 0.364 e. The molecular formula is C15H20N4O2. The number of amides is 1. The van der Waals surface area contributed by atoms with Crippen LogP contribution in [-0.4, -0.2) is 32.6 Å². The van der Waals surface area contributed by atoms with Crippen LogP contribution < -0.4 is 0 Å². The van der Waals surface area contributed by atoms with Gasteiger partial charge in [-0.2, -0.15) is 0 Å². The van der Waals surface area contributed by atoms with Gasteiger partial charge in [0.05, 0.1) is 24.5 Å². The van der Waals surface area contributed by atoms with Crippen LogP contribution in [0.1, 0.15) is 30.3 Å². The standard InChI is InChI=1S/C15H20N4O2/c1-3-14-12(9-21-17-14)7-18(2)15(20)11-4-5-13-6-16-10-19(13)8-11/h6,9-11H,3-5,7-8H2,1-2H3/t11-/m0/s1. The molecule has 0 N–H and O–H groups in total. The molecule has 21 heavy (non-hydrogen) atoms. The molecule has 3 heterocycles. The third-order valence-electron chi connectivity index (χ3n) is 4.16. The summed E-state index contributed by atoms with van der Waals surface area (Å²) in [5, 5.41) is 3.96. The van der Waals surface area contributed by atoms with Crippen molar-refractivity contribution in [3.63, 3.8) is 0 Å². The molecule has 6 nitrogen and oxygen atoms in total. The second kappa shape index (κ2) is 5.71. The number of imidazole rings is 1. The molecule has 0 saturated heterocycles. The molecule has 3 rings (SSSR count). The molecule has 1 aliphatic heterocycles. The van der Waals surface area contributed by atoms with E-state index in [0.29, 0.717) is 6.54 Å². The molecule has 112 valence electrons. The Hall–Kier alpha value is -2.11. The van der Waals surface area contributed by atoms with Crippen molar-refractivity contribution in [3.05, 3.63) is 35.7 Å². The van der Waals surface area contributed by atoms with Gasteiger partial charge in [-0.15, -0.1) is 0 Å². The predicted molar refractivity (Wildman–Crippen MR) is 76.4 cm³/mol. The molecule has 0 fully saturated rings. The highest BCUT2D eigenvalue weighted by Crippen LogP contribution is 2.22.